The Hall–Kier alpha value is -0.0400. The molecular weight excluding hydrogens is 230 g/mol. The van der Waals surface area contributed by atoms with E-state index in [-0.39, 0.29) is 0 Å². The third-order valence-electron chi connectivity index (χ3n) is 4.40. The molecule has 113 valence electrons. The van der Waals surface area contributed by atoms with Gasteiger partial charge in [0.15, 0.2) is 0 Å². The highest BCUT2D eigenvalue weighted by Crippen LogP contribution is 2.22. The van der Waals surface area contributed by atoms with Gasteiger partial charge in [-0.05, 0) is 44.7 Å². The van der Waals surface area contributed by atoms with Crippen molar-refractivity contribution in [2.24, 2.45) is 5.92 Å². The fourth-order valence-corrected chi connectivity index (χ4v) is 3.11. The molecule has 1 N–H and O–H groups in total. The Kier molecular flexibility index (Phi) is 11.6. The molecule has 0 heterocycles. The maximum Gasteiger partial charge on any atom is -0.00462 e. The van der Waals surface area contributed by atoms with Gasteiger partial charge in [-0.1, -0.05) is 71.1 Å². The lowest BCUT2D eigenvalue weighted by molar-refractivity contribution is 0.445. The zero-order valence-electron chi connectivity index (χ0n) is 13.3. The molecule has 0 bridgehead atoms. The minimum absolute atomic E-state index is 0.880. The van der Waals surface area contributed by atoms with Crippen LogP contribution in [0, 0.1) is 12.3 Å². The maximum absolute atomic E-state index is 3.56. The van der Waals surface area contributed by atoms with Crippen LogP contribution in [0.2, 0.25) is 0 Å². The first-order chi connectivity index (χ1) is 9.43. The van der Waals surface area contributed by atoms with Gasteiger partial charge in [0.05, 0.1) is 0 Å². The average Bonchev–Trinajstić information content (AvgIpc) is 2.45. The zero-order chi connectivity index (χ0) is 13.6. The second-order valence-corrected chi connectivity index (χ2v) is 6.29. The van der Waals surface area contributed by atoms with Crippen molar-refractivity contribution >= 4 is 0 Å². The molecule has 1 aliphatic rings. The summed E-state index contributed by atoms with van der Waals surface area (Å²) in [5.41, 5.74) is 0. The molecule has 1 nitrogen and oxygen atoms in total. The molecule has 1 radical (unpaired) electrons. The number of hydrogen-bond donors (Lipinski definition) is 1. The van der Waals surface area contributed by atoms with E-state index in [9.17, 15) is 0 Å². The largest absolute Gasteiger partial charge is 0.317 e. The van der Waals surface area contributed by atoms with Gasteiger partial charge in [-0.3, -0.25) is 0 Å². The summed E-state index contributed by atoms with van der Waals surface area (Å²) in [6.45, 7) is 4.65. The first-order valence-corrected chi connectivity index (χ1v) is 8.97. The lowest BCUT2D eigenvalue weighted by atomic mass is 9.92. The van der Waals surface area contributed by atoms with E-state index in [4.69, 9.17) is 0 Å². The summed E-state index contributed by atoms with van der Waals surface area (Å²) >= 11 is 0. The van der Waals surface area contributed by atoms with E-state index in [2.05, 4.69) is 18.7 Å². The Morgan fingerprint density at radius 2 is 1.47 bits per heavy atom. The van der Waals surface area contributed by atoms with Crippen molar-refractivity contribution in [3.63, 3.8) is 0 Å². The summed E-state index contributed by atoms with van der Waals surface area (Å²) in [7, 11) is 0. The van der Waals surface area contributed by atoms with Crippen LogP contribution in [0.15, 0.2) is 0 Å². The molecule has 0 spiro atoms. The molecule has 1 saturated carbocycles. The van der Waals surface area contributed by atoms with E-state index in [0.717, 1.165) is 5.92 Å². The summed E-state index contributed by atoms with van der Waals surface area (Å²) < 4.78 is 0. The van der Waals surface area contributed by atoms with Crippen LogP contribution in [-0.2, 0) is 0 Å². The van der Waals surface area contributed by atoms with Gasteiger partial charge in [-0.15, -0.1) is 0 Å². The first kappa shape index (κ1) is 17.0. The van der Waals surface area contributed by atoms with Crippen molar-refractivity contribution in [1.29, 1.82) is 0 Å². The number of nitrogens with one attached hydrogen (secondary N) is 1. The second kappa shape index (κ2) is 13.0. The van der Waals surface area contributed by atoms with Crippen molar-refractivity contribution < 1.29 is 0 Å². The van der Waals surface area contributed by atoms with Crippen LogP contribution in [0.1, 0.15) is 90.4 Å². The molecule has 1 unspecified atom stereocenters. The molecule has 1 aliphatic carbocycles. The summed E-state index contributed by atoms with van der Waals surface area (Å²) in [6, 6.07) is 0. The summed E-state index contributed by atoms with van der Waals surface area (Å²) in [5, 5.41) is 3.56. The van der Waals surface area contributed by atoms with E-state index in [1.807, 2.05) is 0 Å². The smallest absolute Gasteiger partial charge is 0.00462 e. The van der Waals surface area contributed by atoms with Gasteiger partial charge in [0.2, 0.25) is 0 Å². The minimum atomic E-state index is 0.880. The molecule has 1 atom stereocenters. The zero-order valence-corrected chi connectivity index (χ0v) is 13.3. The fraction of sp³-hybridized carbons (Fsp3) is 0.944. The van der Waals surface area contributed by atoms with E-state index in [1.54, 1.807) is 0 Å². The Balaban J connectivity index is 2.17. The highest BCUT2D eigenvalue weighted by Gasteiger charge is 2.09. The quantitative estimate of drug-likeness (QED) is 0.648. The second-order valence-electron chi connectivity index (χ2n) is 6.29. The third-order valence-corrected chi connectivity index (χ3v) is 4.40. The van der Waals surface area contributed by atoms with Crippen molar-refractivity contribution in [3.05, 3.63) is 6.42 Å². The van der Waals surface area contributed by atoms with Gasteiger partial charge in [0, 0.05) is 0 Å². The van der Waals surface area contributed by atoms with Crippen molar-refractivity contribution in [1.82, 2.24) is 5.32 Å². The molecule has 0 aliphatic heterocycles. The van der Waals surface area contributed by atoms with Crippen LogP contribution in [0.4, 0.5) is 0 Å². The Morgan fingerprint density at radius 1 is 0.842 bits per heavy atom. The molecular formula is C18H36N. The number of rotatable bonds is 5. The highest BCUT2D eigenvalue weighted by molar-refractivity contribution is 4.77. The lowest BCUT2D eigenvalue weighted by Crippen LogP contribution is -2.19. The molecule has 0 saturated heterocycles. The van der Waals surface area contributed by atoms with Gasteiger partial charge < -0.3 is 5.32 Å². The highest BCUT2D eigenvalue weighted by atomic mass is 14.8. The van der Waals surface area contributed by atoms with Crippen LogP contribution in [0.3, 0.4) is 0 Å². The standard InChI is InChI=1S/C18H36N/c1-2-16-19-17-15-18-13-11-9-7-5-3-4-6-8-10-12-14-18/h13,18-19H,2-12,14-17H2,1H3. The molecule has 19 heavy (non-hydrogen) atoms. The monoisotopic (exact) mass is 266 g/mol. The topological polar surface area (TPSA) is 12.0 Å². The molecule has 1 heteroatoms. The van der Waals surface area contributed by atoms with Crippen LogP contribution >= 0.6 is 0 Å². The van der Waals surface area contributed by atoms with Crippen molar-refractivity contribution in [2.75, 3.05) is 13.1 Å². The average molecular weight is 266 g/mol. The SMILES string of the molecule is CCCNCCC1[CH]CCCCCCCCCCC1. The van der Waals surface area contributed by atoms with Gasteiger partial charge in [0.25, 0.3) is 0 Å². The first-order valence-electron chi connectivity index (χ1n) is 8.97. The minimum Gasteiger partial charge on any atom is -0.317 e. The van der Waals surface area contributed by atoms with E-state index >= 15 is 0 Å². The Bertz CT molecular complexity index is 165. The van der Waals surface area contributed by atoms with Crippen molar-refractivity contribution in [3.8, 4) is 0 Å². The third kappa shape index (κ3) is 10.4. The normalized spacial score (nSPS) is 21.3. The Labute approximate surface area is 121 Å². The van der Waals surface area contributed by atoms with Crippen LogP contribution in [-0.4, -0.2) is 13.1 Å². The van der Waals surface area contributed by atoms with Gasteiger partial charge in [-0.2, -0.15) is 0 Å². The van der Waals surface area contributed by atoms with E-state index in [0.29, 0.717) is 0 Å². The predicted molar refractivity (Wildman–Crippen MR) is 86.4 cm³/mol. The van der Waals surface area contributed by atoms with Crippen molar-refractivity contribution in [2.45, 2.75) is 90.4 Å². The molecule has 1 fully saturated rings. The fourth-order valence-electron chi connectivity index (χ4n) is 3.11. The maximum atomic E-state index is 3.56. The predicted octanol–water partition coefficient (Wildman–Crippen LogP) is 5.50. The summed E-state index contributed by atoms with van der Waals surface area (Å²) in [6.07, 6.45) is 21.2. The van der Waals surface area contributed by atoms with Crippen LogP contribution in [0.25, 0.3) is 0 Å². The van der Waals surface area contributed by atoms with Gasteiger partial charge in [0.1, 0.15) is 0 Å². The molecule has 0 aromatic rings. The lowest BCUT2D eigenvalue weighted by Gasteiger charge is -2.16. The molecule has 1 rings (SSSR count). The summed E-state index contributed by atoms with van der Waals surface area (Å²) in [5.74, 6) is 0.880. The van der Waals surface area contributed by atoms with E-state index < -0.39 is 0 Å². The van der Waals surface area contributed by atoms with Crippen LogP contribution in [0.5, 0.6) is 0 Å². The van der Waals surface area contributed by atoms with Crippen LogP contribution < -0.4 is 5.32 Å². The number of hydrogen-bond acceptors (Lipinski definition) is 1. The molecule has 0 amide bonds. The van der Waals surface area contributed by atoms with Gasteiger partial charge in [-0.25, -0.2) is 0 Å². The van der Waals surface area contributed by atoms with Gasteiger partial charge >= 0.3 is 0 Å². The van der Waals surface area contributed by atoms with E-state index in [1.165, 1.54) is 96.6 Å². The molecule has 0 aromatic carbocycles. The molecule has 0 aromatic heterocycles. The summed E-state index contributed by atoms with van der Waals surface area (Å²) in [4.78, 5) is 0. The Morgan fingerprint density at radius 3 is 2.16 bits per heavy atom.